The lowest BCUT2D eigenvalue weighted by molar-refractivity contribution is -0.0549. The molecule has 3 unspecified atom stereocenters. The molecule has 0 saturated carbocycles. The van der Waals surface area contributed by atoms with Gasteiger partial charge in [0.15, 0.2) is 0 Å². The Morgan fingerprint density at radius 2 is 1.21 bits per heavy atom. The van der Waals surface area contributed by atoms with E-state index in [4.69, 9.17) is 0 Å². The van der Waals surface area contributed by atoms with Crippen molar-refractivity contribution in [2.75, 3.05) is 7.05 Å². The molecule has 2 heterocycles. The maximum atomic E-state index is 11.2. The smallest absolute Gasteiger partial charge is 0.0632 e. The van der Waals surface area contributed by atoms with Crippen molar-refractivity contribution in [2.24, 2.45) is 11.8 Å². The van der Waals surface area contributed by atoms with Gasteiger partial charge in [-0.2, -0.15) is 0 Å². The highest BCUT2D eigenvalue weighted by atomic mass is 16.3. The van der Waals surface area contributed by atoms with Gasteiger partial charge in [-0.25, -0.2) is 0 Å². The van der Waals surface area contributed by atoms with Crippen molar-refractivity contribution in [1.29, 1.82) is 0 Å². The zero-order chi connectivity index (χ0) is 16.5. The van der Waals surface area contributed by atoms with Crippen molar-refractivity contribution in [3.8, 4) is 0 Å². The van der Waals surface area contributed by atoms with Gasteiger partial charge in [0.1, 0.15) is 0 Å². The molecule has 2 aliphatic rings. The van der Waals surface area contributed by atoms with Gasteiger partial charge in [-0.15, -0.1) is 0 Å². The Labute approximate surface area is 145 Å². The number of aliphatic hydroxyl groups is 1. The molecule has 2 aromatic carbocycles. The summed E-state index contributed by atoms with van der Waals surface area (Å²) in [5, 5.41) is 11.2. The van der Waals surface area contributed by atoms with Crippen LogP contribution in [-0.4, -0.2) is 35.2 Å². The van der Waals surface area contributed by atoms with E-state index in [0.717, 1.165) is 12.8 Å². The van der Waals surface area contributed by atoms with Gasteiger partial charge < -0.3 is 5.11 Å². The average molecular weight is 321 g/mol. The highest BCUT2D eigenvalue weighted by molar-refractivity contribution is 5.20. The SMILES string of the molecule is CN1C2CCC1[C@@H](Cc1ccccc1)C(O)[C@H]2Cc1ccccc1. The summed E-state index contributed by atoms with van der Waals surface area (Å²) in [5.41, 5.74) is 2.69. The minimum Gasteiger partial charge on any atom is -0.392 e. The third kappa shape index (κ3) is 2.89. The van der Waals surface area contributed by atoms with Gasteiger partial charge >= 0.3 is 0 Å². The van der Waals surface area contributed by atoms with Crippen LogP contribution in [0.15, 0.2) is 60.7 Å². The lowest BCUT2D eigenvalue weighted by Gasteiger charge is -2.46. The monoisotopic (exact) mass is 321 g/mol. The first-order chi connectivity index (χ1) is 11.7. The summed E-state index contributed by atoms with van der Waals surface area (Å²) in [4.78, 5) is 2.56. The molecule has 2 heteroatoms. The molecule has 1 N–H and O–H groups in total. The molecule has 0 aliphatic carbocycles. The largest absolute Gasteiger partial charge is 0.392 e. The zero-order valence-corrected chi connectivity index (χ0v) is 14.4. The fourth-order valence-corrected chi connectivity index (χ4v) is 5.09. The summed E-state index contributed by atoms with van der Waals surface area (Å²) in [6.45, 7) is 0. The Kier molecular flexibility index (Phi) is 4.43. The number of hydrogen-bond acceptors (Lipinski definition) is 2. The van der Waals surface area contributed by atoms with Crippen LogP contribution in [0.4, 0.5) is 0 Å². The lowest BCUT2D eigenvalue weighted by Crippen LogP contribution is -2.56. The Morgan fingerprint density at radius 1 is 0.792 bits per heavy atom. The number of aliphatic hydroxyl groups excluding tert-OH is 1. The first kappa shape index (κ1) is 15.9. The Morgan fingerprint density at radius 3 is 1.62 bits per heavy atom. The van der Waals surface area contributed by atoms with Crippen molar-refractivity contribution in [2.45, 2.75) is 43.9 Å². The molecular formula is C22H27NO. The second kappa shape index (κ2) is 6.70. The maximum absolute atomic E-state index is 11.2. The zero-order valence-electron chi connectivity index (χ0n) is 14.4. The van der Waals surface area contributed by atoms with Crippen LogP contribution in [0.2, 0.25) is 0 Å². The van der Waals surface area contributed by atoms with Crippen molar-refractivity contribution >= 4 is 0 Å². The predicted molar refractivity (Wildman–Crippen MR) is 97.9 cm³/mol. The summed E-state index contributed by atoms with van der Waals surface area (Å²) in [6.07, 6.45) is 4.20. The molecule has 2 bridgehead atoms. The van der Waals surface area contributed by atoms with Gasteiger partial charge in [-0.3, -0.25) is 4.90 Å². The third-order valence-corrected chi connectivity index (χ3v) is 6.30. The third-order valence-electron chi connectivity index (χ3n) is 6.30. The van der Waals surface area contributed by atoms with Crippen LogP contribution in [0.1, 0.15) is 24.0 Å². The molecule has 2 nitrogen and oxygen atoms in total. The molecule has 0 radical (unpaired) electrons. The predicted octanol–water partition coefficient (Wildman–Crippen LogP) is 3.54. The Balaban J connectivity index is 1.58. The highest BCUT2D eigenvalue weighted by Crippen LogP contribution is 2.44. The van der Waals surface area contributed by atoms with E-state index >= 15 is 0 Å². The fraction of sp³-hybridized carbons (Fsp3) is 0.455. The molecule has 0 spiro atoms. The average Bonchev–Trinajstić information content (AvgIpc) is 2.93. The van der Waals surface area contributed by atoms with Gasteiger partial charge in [0.25, 0.3) is 0 Å². The second-order valence-electron chi connectivity index (χ2n) is 7.58. The van der Waals surface area contributed by atoms with Crippen LogP contribution in [0.25, 0.3) is 0 Å². The summed E-state index contributed by atoms with van der Waals surface area (Å²) in [6, 6.07) is 22.4. The summed E-state index contributed by atoms with van der Waals surface area (Å²) in [5.74, 6) is 0.676. The molecule has 24 heavy (non-hydrogen) atoms. The first-order valence-electron chi connectivity index (χ1n) is 9.22. The van der Waals surface area contributed by atoms with E-state index in [-0.39, 0.29) is 6.10 Å². The standard InChI is InChI=1S/C22H27NO/c1-23-20-12-13-21(23)19(15-17-10-6-3-7-11-17)22(24)18(20)14-16-8-4-2-5-9-16/h2-11,18-22,24H,12-15H2,1H3/t18-,19+,20?,21?,22?. The number of nitrogens with zero attached hydrogens (tertiary/aromatic N) is 1. The van der Waals surface area contributed by atoms with E-state index in [9.17, 15) is 5.11 Å². The molecule has 2 aromatic rings. The van der Waals surface area contributed by atoms with E-state index in [2.05, 4.69) is 72.6 Å². The van der Waals surface area contributed by atoms with Gasteiger partial charge in [0.05, 0.1) is 6.10 Å². The molecule has 5 atom stereocenters. The van der Waals surface area contributed by atoms with Gasteiger partial charge in [-0.1, -0.05) is 60.7 Å². The molecular weight excluding hydrogens is 294 g/mol. The normalized spacial score (nSPS) is 32.8. The topological polar surface area (TPSA) is 23.5 Å². The molecule has 4 rings (SSSR count). The molecule has 2 aliphatic heterocycles. The molecule has 2 saturated heterocycles. The van der Waals surface area contributed by atoms with Crippen LogP contribution >= 0.6 is 0 Å². The Hall–Kier alpha value is -1.64. The molecule has 0 amide bonds. The number of rotatable bonds is 4. The summed E-state index contributed by atoms with van der Waals surface area (Å²) >= 11 is 0. The number of benzene rings is 2. The van der Waals surface area contributed by atoms with Crippen molar-refractivity contribution in [3.63, 3.8) is 0 Å². The molecule has 126 valence electrons. The van der Waals surface area contributed by atoms with E-state index in [0.29, 0.717) is 23.9 Å². The summed E-state index contributed by atoms with van der Waals surface area (Å²) in [7, 11) is 2.27. The maximum Gasteiger partial charge on any atom is 0.0632 e. The van der Waals surface area contributed by atoms with E-state index in [1.165, 1.54) is 24.0 Å². The summed E-state index contributed by atoms with van der Waals surface area (Å²) < 4.78 is 0. The number of piperidine rings is 1. The van der Waals surface area contributed by atoms with Gasteiger partial charge in [-0.05, 0) is 43.9 Å². The lowest BCUT2D eigenvalue weighted by atomic mass is 9.75. The van der Waals surface area contributed by atoms with Gasteiger partial charge in [0, 0.05) is 23.9 Å². The highest BCUT2D eigenvalue weighted by Gasteiger charge is 2.50. The van der Waals surface area contributed by atoms with Crippen LogP contribution < -0.4 is 0 Å². The molecule has 2 fully saturated rings. The van der Waals surface area contributed by atoms with Crippen LogP contribution in [0.5, 0.6) is 0 Å². The fourth-order valence-electron chi connectivity index (χ4n) is 5.09. The Bertz CT molecular complexity index is 599. The van der Waals surface area contributed by atoms with E-state index < -0.39 is 0 Å². The van der Waals surface area contributed by atoms with Crippen molar-refractivity contribution < 1.29 is 5.11 Å². The van der Waals surface area contributed by atoms with Crippen molar-refractivity contribution in [3.05, 3.63) is 71.8 Å². The van der Waals surface area contributed by atoms with Crippen LogP contribution in [0.3, 0.4) is 0 Å². The van der Waals surface area contributed by atoms with Crippen molar-refractivity contribution in [1.82, 2.24) is 4.90 Å². The van der Waals surface area contributed by atoms with Crippen LogP contribution in [0, 0.1) is 11.8 Å². The van der Waals surface area contributed by atoms with Gasteiger partial charge in [0.2, 0.25) is 0 Å². The van der Waals surface area contributed by atoms with Crippen LogP contribution in [-0.2, 0) is 12.8 Å². The first-order valence-corrected chi connectivity index (χ1v) is 9.22. The molecule has 0 aromatic heterocycles. The number of fused-ring (bicyclic) bond motifs is 2. The van der Waals surface area contributed by atoms with E-state index in [1.807, 2.05) is 0 Å². The second-order valence-corrected chi connectivity index (χ2v) is 7.58. The minimum absolute atomic E-state index is 0.209. The van der Waals surface area contributed by atoms with E-state index in [1.54, 1.807) is 0 Å². The number of hydrogen-bond donors (Lipinski definition) is 1. The quantitative estimate of drug-likeness (QED) is 0.931. The minimum atomic E-state index is -0.209.